The average Bonchev–Trinajstić information content (AvgIpc) is 3.41. The fourth-order valence-corrected chi connectivity index (χ4v) is 3.53. The van der Waals surface area contributed by atoms with E-state index in [1.807, 2.05) is 18.2 Å². The molecule has 29 heavy (non-hydrogen) atoms. The molecule has 0 aliphatic heterocycles. The Labute approximate surface area is 200 Å². The van der Waals surface area contributed by atoms with Crippen molar-refractivity contribution >= 4 is 24.8 Å². The fourth-order valence-electron chi connectivity index (χ4n) is 2.93. The van der Waals surface area contributed by atoms with Gasteiger partial charge in [-0.25, -0.2) is 12.2 Å². The summed E-state index contributed by atoms with van der Waals surface area (Å²) < 4.78 is 1.51. The Bertz CT molecular complexity index is 1020. The molecule has 1 aliphatic rings. The van der Waals surface area contributed by atoms with E-state index in [4.69, 9.17) is 0 Å². The molecule has 0 bridgehead atoms. The number of fused-ring (bicyclic) bond motifs is 3. The van der Waals surface area contributed by atoms with Crippen LogP contribution in [0.15, 0.2) is 103 Å². The second-order valence-electron chi connectivity index (χ2n) is 6.31. The number of rotatable bonds is 1. The smallest absolute Gasteiger partial charge is 0.0771 e. The molecule has 1 aliphatic carbocycles. The van der Waals surface area contributed by atoms with E-state index < -0.39 is 0 Å². The molecule has 0 unspecified atom stereocenters. The van der Waals surface area contributed by atoms with Crippen LogP contribution in [0.4, 0.5) is 0 Å². The van der Waals surface area contributed by atoms with Crippen LogP contribution < -0.4 is 24.8 Å². The summed E-state index contributed by atoms with van der Waals surface area (Å²) in [5.41, 5.74) is 1.39. The summed E-state index contributed by atoms with van der Waals surface area (Å²) in [6.07, 6.45) is 10.0. The summed E-state index contributed by atoms with van der Waals surface area (Å²) in [5, 5.41) is 5.39. The first-order valence-corrected chi connectivity index (χ1v) is 10.9. The van der Waals surface area contributed by atoms with Crippen molar-refractivity contribution in [2.24, 2.45) is 0 Å². The van der Waals surface area contributed by atoms with Crippen LogP contribution in [0, 0.1) is 6.08 Å². The molecule has 146 valence electrons. The predicted octanol–water partition coefficient (Wildman–Crippen LogP) is 0.799. The standard InChI is InChI=1S/C13H9.C8H8.C5H5.2ClH.Hf/c1-3-7-12-10(5-1)9-11-6-2-4-8-13(11)12;1-2-8-6-4-3-5-7-8;1-2-4-5-3-1;;;/h1-9H;3-7H,1H3;1-3H,4H2;2*1H;/q-1;;-1;;;+2/p-2. The Morgan fingerprint density at radius 3 is 1.69 bits per heavy atom. The van der Waals surface area contributed by atoms with Gasteiger partial charge in [-0.2, -0.15) is 6.08 Å². The van der Waals surface area contributed by atoms with E-state index in [1.165, 1.54) is 54.3 Å². The molecule has 3 heteroatoms. The zero-order valence-corrected chi connectivity index (χ0v) is 21.4. The molecule has 0 atom stereocenters. The molecule has 0 saturated carbocycles. The molecule has 0 radical (unpaired) electrons. The zero-order chi connectivity index (χ0) is 18.9. The molecule has 0 aromatic heterocycles. The van der Waals surface area contributed by atoms with Gasteiger partial charge in [-0.1, -0.05) is 36.4 Å². The maximum atomic E-state index is 2.99. The van der Waals surface area contributed by atoms with E-state index in [2.05, 4.69) is 97.9 Å². The maximum Gasteiger partial charge on any atom is -0.0771 e. The van der Waals surface area contributed by atoms with E-state index in [0.29, 0.717) is 0 Å². The Morgan fingerprint density at radius 1 is 0.793 bits per heavy atom. The van der Waals surface area contributed by atoms with Gasteiger partial charge in [0, 0.05) is 0 Å². The zero-order valence-electron chi connectivity index (χ0n) is 16.3. The van der Waals surface area contributed by atoms with Gasteiger partial charge in [-0.05, 0) is 0 Å². The predicted molar refractivity (Wildman–Crippen MR) is 115 cm³/mol. The van der Waals surface area contributed by atoms with Crippen LogP contribution in [-0.4, -0.2) is 3.26 Å². The number of hydrogen-bond donors (Lipinski definition) is 0. The average molecular weight is 584 g/mol. The Balaban J connectivity index is 0.000000231. The summed E-state index contributed by atoms with van der Waals surface area (Å²) in [7, 11) is 0. The summed E-state index contributed by atoms with van der Waals surface area (Å²) in [5.74, 6) is 0. The Kier molecular flexibility index (Phi) is 11.8. The van der Waals surface area contributed by atoms with Crippen molar-refractivity contribution in [3.63, 3.8) is 0 Å². The van der Waals surface area contributed by atoms with Crippen LogP contribution in [0.5, 0.6) is 0 Å². The molecule has 4 aromatic carbocycles. The Hall–Kier alpha value is -1.67. The molecule has 0 heterocycles. The molecular weight excluding hydrogens is 562 g/mol. The van der Waals surface area contributed by atoms with Crippen LogP contribution in [0.2, 0.25) is 0 Å². The quantitative estimate of drug-likeness (QED) is 0.230. The van der Waals surface area contributed by atoms with Crippen LogP contribution >= 0.6 is 0 Å². The molecule has 0 spiro atoms. The van der Waals surface area contributed by atoms with Gasteiger partial charge < -0.3 is 24.8 Å². The number of hydrogen-bond acceptors (Lipinski definition) is 0. The van der Waals surface area contributed by atoms with Gasteiger partial charge >= 0.3 is 70.0 Å². The van der Waals surface area contributed by atoms with Crippen molar-refractivity contribution in [3.05, 3.63) is 115 Å². The molecule has 0 amide bonds. The minimum absolute atomic E-state index is 0. The van der Waals surface area contributed by atoms with Crippen LogP contribution in [-0.2, 0) is 23.9 Å². The van der Waals surface area contributed by atoms with Crippen molar-refractivity contribution in [1.82, 2.24) is 0 Å². The van der Waals surface area contributed by atoms with Gasteiger partial charge in [0.1, 0.15) is 0 Å². The third-order valence-electron chi connectivity index (χ3n) is 4.32. The maximum absolute atomic E-state index is 2.99. The van der Waals surface area contributed by atoms with Gasteiger partial charge in [0.05, 0.1) is 0 Å². The minimum atomic E-state index is 0. The molecule has 0 fully saturated rings. The van der Waals surface area contributed by atoms with E-state index in [1.54, 1.807) is 0 Å². The first kappa shape index (κ1) is 25.4. The van der Waals surface area contributed by atoms with Crippen molar-refractivity contribution in [2.75, 3.05) is 0 Å². The minimum Gasteiger partial charge on any atom is -1.00 e. The van der Waals surface area contributed by atoms with E-state index >= 15 is 0 Å². The van der Waals surface area contributed by atoms with Gasteiger partial charge in [-0.3, -0.25) is 6.08 Å². The van der Waals surface area contributed by atoms with Gasteiger partial charge in [0.15, 0.2) is 0 Å². The molecule has 0 saturated heterocycles. The molecule has 5 rings (SSSR count). The molecule has 0 nitrogen and oxygen atoms in total. The third-order valence-corrected chi connectivity index (χ3v) is 5.35. The summed E-state index contributed by atoms with van der Waals surface area (Å²) in [6, 6.07) is 29.8. The van der Waals surface area contributed by atoms with Crippen molar-refractivity contribution in [1.29, 1.82) is 0 Å². The topological polar surface area (TPSA) is 0 Å². The van der Waals surface area contributed by atoms with Gasteiger partial charge in [0.2, 0.25) is 0 Å². The van der Waals surface area contributed by atoms with E-state index in [0.717, 1.165) is 6.42 Å². The Morgan fingerprint density at radius 2 is 1.31 bits per heavy atom. The van der Waals surface area contributed by atoms with Crippen LogP contribution in [0.3, 0.4) is 0 Å². The molecule has 4 aromatic rings. The SMILES string of the molecule is C[C](=[Hf+2])c1ccccc1.[C-]1=CC=CC1.[Cl-].[Cl-].c1ccc2c(c1)[cH-]c1ccccc12. The number of allylic oxidation sites excluding steroid dienone is 4. The fraction of sp³-hybridized carbons (Fsp3) is 0.0769. The summed E-state index contributed by atoms with van der Waals surface area (Å²) >= 11 is 1.17. The van der Waals surface area contributed by atoms with Gasteiger partial charge in [-0.15, -0.1) is 46.2 Å². The normalized spacial score (nSPS) is 10.9. The van der Waals surface area contributed by atoms with Crippen LogP contribution in [0.25, 0.3) is 21.5 Å². The van der Waals surface area contributed by atoms with E-state index in [-0.39, 0.29) is 24.8 Å². The van der Waals surface area contributed by atoms with E-state index in [9.17, 15) is 0 Å². The summed E-state index contributed by atoms with van der Waals surface area (Å²) in [4.78, 5) is 0. The number of halogens is 2. The second-order valence-corrected chi connectivity index (χ2v) is 9.01. The number of benzene rings is 3. The van der Waals surface area contributed by atoms with Crippen molar-refractivity contribution in [3.8, 4) is 0 Å². The first-order valence-electron chi connectivity index (χ1n) is 9.11. The van der Waals surface area contributed by atoms with Crippen molar-refractivity contribution in [2.45, 2.75) is 13.3 Å². The van der Waals surface area contributed by atoms with Gasteiger partial charge in [0.25, 0.3) is 0 Å². The summed E-state index contributed by atoms with van der Waals surface area (Å²) in [6.45, 7) is 2.18. The molecular formula is C26H22Cl2Hf-2. The second kappa shape index (κ2) is 13.5. The monoisotopic (exact) mass is 584 g/mol. The first-order chi connectivity index (χ1) is 13.3. The van der Waals surface area contributed by atoms with Crippen LogP contribution in [0.1, 0.15) is 18.9 Å². The van der Waals surface area contributed by atoms with Crippen molar-refractivity contribution < 1.29 is 48.7 Å². The largest absolute Gasteiger partial charge is 1.00 e. The molecule has 0 N–H and O–H groups in total. The third kappa shape index (κ3) is 7.59.